The molecule has 28 heavy (non-hydrogen) atoms. The molecule has 2 aromatic carbocycles. The summed E-state index contributed by atoms with van der Waals surface area (Å²) in [6, 6.07) is 14.7. The van der Waals surface area contributed by atoms with Crippen molar-refractivity contribution in [1.82, 2.24) is 14.9 Å². The van der Waals surface area contributed by atoms with Crippen molar-refractivity contribution in [3.63, 3.8) is 0 Å². The number of aromatic nitrogens is 2. The Kier molecular flexibility index (Phi) is 5.93. The number of hydrogen-bond acceptors (Lipinski definition) is 4. The number of nitrogens with zero attached hydrogens (tertiary/aromatic N) is 3. The molecule has 0 atom stereocenters. The molecule has 0 unspecified atom stereocenters. The molecular formula is C21H20F2N4O. The maximum Gasteiger partial charge on any atom is 0.272 e. The van der Waals surface area contributed by atoms with Crippen molar-refractivity contribution < 1.29 is 13.6 Å². The second-order valence-corrected chi connectivity index (χ2v) is 6.24. The van der Waals surface area contributed by atoms with Gasteiger partial charge in [-0.1, -0.05) is 36.4 Å². The monoisotopic (exact) mass is 382 g/mol. The molecule has 1 heterocycles. The van der Waals surface area contributed by atoms with Gasteiger partial charge in [-0.15, -0.1) is 0 Å². The fraction of sp³-hybridized carbons (Fsp3) is 0.190. The molecule has 0 radical (unpaired) electrons. The molecule has 3 rings (SSSR count). The third-order valence-corrected chi connectivity index (χ3v) is 4.16. The molecule has 0 spiro atoms. The van der Waals surface area contributed by atoms with E-state index >= 15 is 0 Å². The number of carbonyl (C=O) groups is 1. The average Bonchev–Trinajstić information content (AvgIpc) is 2.69. The van der Waals surface area contributed by atoms with E-state index in [2.05, 4.69) is 15.3 Å². The molecule has 1 aromatic heterocycles. The van der Waals surface area contributed by atoms with Crippen LogP contribution in [0.1, 0.15) is 28.7 Å². The molecule has 0 aliphatic carbocycles. The second kappa shape index (κ2) is 8.56. The van der Waals surface area contributed by atoms with Crippen molar-refractivity contribution in [2.24, 2.45) is 0 Å². The van der Waals surface area contributed by atoms with Crippen molar-refractivity contribution in [3.8, 4) is 0 Å². The summed E-state index contributed by atoms with van der Waals surface area (Å²) in [5.41, 5.74) is 1.30. The summed E-state index contributed by atoms with van der Waals surface area (Å²) in [7, 11) is 0. The highest BCUT2D eigenvalue weighted by atomic mass is 19.1. The van der Waals surface area contributed by atoms with Gasteiger partial charge in [-0.05, 0) is 37.6 Å². The Labute approximate surface area is 162 Å². The number of amides is 1. The molecule has 0 aliphatic heterocycles. The first-order chi connectivity index (χ1) is 13.5. The number of halogens is 2. The summed E-state index contributed by atoms with van der Waals surface area (Å²) >= 11 is 0. The van der Waals surface area contributed by atoms with Crippen LogP contribution in [0.3, 0.4) is 0 Å². The molecule has 0 saturated carbocycles. The number of aryl methyl sites for hydroxylation is 1. The Balaban J connectivity index is 1.86. The van der Waals surface area contributed by atoms with E-state index in [1.54, 1.807) is 17.9 Å². The van der Waals surface area contributed by atoms with Gasteiger partial charge in [0.15, 0.2) is 0 Å². The van der Waals surface area contributed by atoms with Crippen LogP contribution in [0, 0.1) is 18.6 Å². The van der Waals surface area contributed by atoms with Crippen molar-refractivity contribution >= 4 is 17.5 Å². The number of para-hydroxylation sites is 1. The zero-order chi connectivity index (χ0) is 20.1. The van der Waals surface area contributed by atoms with E-state index in [0.717, 1.165) is 17.7 Å². The largest absolute Gasteiger partial charge is 0.333 e. The third kappa shape index (κ3) is 4.49. The summed E-state index contributed by atoms with van der Waals surface area (Å²) in [6.07, 6.45) is 0. The first-order valence-corrected chi connectivity index (χ1v) is 8.88. The summed E-state index contributed by atoms with van der Waals surface area (Å²) in [6.45, 7) is 4.49. The van der Waals surface area contributed by atoms with Crippen LogP contribution in [0.25, 0.3) is 0 Å². The first-order valence-electron chi connectivity index (χ1n) is 8.88. The van der Waals surface area contributed by atoms with E-state index < -0.39 is 11.6 Å². The van der Waals surface area contributed by atoms with Crippen LogP contribution in [0.15, 0.2) is 54.6 Å². The Morgan fingerprint density at radius 2 is 1.71 bits per heavy atom. The SMILES string of the molecule is CCN(Cc1ccccc1)C(=O)c1cc(C)nc(Nc2c(F)cccc2F)n1. The van der Waals surface area contributed by atoms with Crippen LogP contribution in [0.5, 0.6) is 0 Å². The first kappa shape index (κ1) is 19.4. The van der Waals surface area contributed by atoms with Crippen molar-refractivity contribution in [2.45, 2.75) is 20.4 Å². The van der Waals surface area contributed by atoms with Crippen LogP contribution in [-0.4, -0.2) is 27.3 Å². The van der Waals surface area contributed by atoms with Gasteiger partial charge in [0, 0.05) is 18.8 Å². The molecule has 1 N–H and O–H groups in total. The predicted octanol–water partition coefficient (Wildman–Crippen LogP) is 4.47. The summed E-state index contributed by atoms with van der Waals surface area (Å²) in [4.78, 5) is 22.9. The molecule has 0 fully saturated rings. The molecule has 7 heteroatoms. The lowest BCUT2D eigenvalue weighted by Crippen LogP contribution is -2.31. The number of nitrogens with one attached hydrogen (secondary N) is 1. The zero-order valence-corrected chi connectivity index (χ0v) is 15.6. The number of benzene rings is 2. The second-order valence-electron chi connectivity index (χ2n) is 6.24. The Morgan fingerprint density at radius 3 is 2.36 bits per heavy atom. The van der Waals surface area contributed by atoms with E-state index in [1.807, 2.05) is 37.3 Å². The Morgan fingerprint density at radius 1 is 1.04 bits per heavy atom. The van der Waals surface area contributed by atoms with E-state index in [1.165, 1.54) is 6.07 Å². The minimum absolute atomic E-state index is 0.0388. The smallest absolute Gasteiger partial charge is 0.272 e. The highest BCUT2D eigenvalue weighted by molar-refractivity contribution is 5.92. The molecule has 5 nitrogen and oxygen atoms in total. The molecule has 0 bridgehead atoms. The van der Waals surface area contributed by atoms with Gasteiger partial charge < -0.3 is 10.2 Å². The molecule has 0 aliphatic rings. The average molecular weight is 382 g/mol. The van der Waals surface area contributed by atoms with Crippen LogP contribution in [-0.2, 0) is 6.54 Å². The zero-order valence-electron chi connectivity index (χ0n) is 15.6. The van der Waals surface area contributed by atoms with Gasteiger partial charge in [-0.25, -0.2) is 18.7 Å². The summed E-state index contributed by atoms with van der Waals surface area (Å²) < 4.78 is 27.8. The standard InChI is InChI=1S/C21H20F2N4O/c1-3-27(13-15-8-5-4-6-9-15)20(28)18-12-14(2)24-21(25-18)26-19-16(22)10-7-11-17(19)23/h4-12H,3,13H2,1-2H3,(H,24,25,26). The minimum atomic E-state index is -0.766. The van der Waals surface area contributed by atoms with E-state index in [0.29, 0.717) is 18.8 Å². The van der Waals surface area contributed by atoms with Gasteiger partial charge in [-0.2, -0.15) is 0 Å². The predicted molar refractivity (Wildman–Crippen MR) is 103 cm³/mol. The molecule has 144 valence electrons. The van der Waals surface area contributed by atoms with Crippen LogP contribution < -0.4 is 5.32 Å². The highest BCUT2D eigenvalue weighted by Crippen LogP contribution is 2.22. The van der Waals surface area contributed by atoms with Crippen LogP contribution in [0.2, 0.25) is 0 Å². The molecule has 0 saturated heterocycles. The molecule has 3 aromatic rings. The molecular weight excluding hydrogens is 362 g/mol. The minimum Gasteiger partial charge on any atom is -0.333 e. The maximum absolute atomic E-state index is 13.9. The number of carbonyl (C=O) groups excluding carboxylic acids is 1. The van der Waals surface area contributed by atoms with E-state index in [4.69, 9.17) is 0 Å². The van der Waals surface area contributed by atoms with Gasteiger partial charge in [0.25, 0.3) is 5.91 Å². The van der Waals surface area contributed by atoms with E-state index in [-0.39, 0.29) is 23.2 Å². The van der Waals surface area contributed by atoms with Crippen LogP contribution >= 0.6 is 0 Å². The van der Waals surface area contributed by atoms with E-state index in [9.17, 15) is 13.6 Å². The lowest BCUT2D eigenvalue weighted by molar-refractivity contribution is 0.0746. The van der Waals surface area contributed by atoms with Gasteiger partial charge in [-0.3, -0.25) is 4.79 Å². The van der Waals surface area contributed by atoms with Gasteiger partial charge in [0.2, 0.25) is 5.95 Å². The fourth-order valence-electron chi connectivity index (χ4n) is 2.76. The fourth-order valence-corrected chi connectivity index (χ4v) is 2.76. The highest BCUT2D eigenvalue weighted by Gasteiger charge is 2.18. The quantitative estimate of drug-likeness (QED) is 0.683. The van der Waals surface area contributed by atoms with Gasteiger partial charge in [0.1, 0.15) is 23.0 Å². The number of anilines is 2. The maximum atomic E-state index is 13.9. The lowest BCUT2D eigenvalue weighted by Gasteiger charge is -2.21. The van der Waals surface area contributed by atoms with Crippen molar-refractivity contribution in [2.75, 3.05) is 11.9 Å². The van der Waals surface area contributed by atoms with Crippen molar-refractivity contribution in [1.29, 1.82) is 0 Å². The van der Waals surface area contributed by atoms with Crippen LogP contribution in [0.4, 0.5) is 20.4 Å². The van der Waals surface area contributed by atoms with Gasteiger partial charge >= 0.3 is 0 Å². The molecule has 1 amide bonds. The number of hydrogen-bond donors (Lipinski definition) is 1. The number of rotatable bonds is 6. The summed E-state index contributed by atoms with van der Waals surface area (Å²) in [5.74, 6) is -1.86. The Hall–Kier alpha value is -3.35. The summed E-state index contributed by atoms with van der Waals surface area (Å²) in [5, 5.41) is 2.54. The Bertz CT molecular complexity index is 959. The normalized spacial score (nSPS) is 10.6. The van der Waals surface area contributed by atoms with Gasteiger partial charge in [0.05, 0.1) is 0 Å². The third-order valence-electron chi connectivity index (χ3n) is 4.16. The lowest BCUT2D eigenvalue weighted by atomic mass is 10.2. The topological polar surface area (TPSA) is 58.1 Å². The van der Waals surface area contributed by atoms with Crippen molar-refractivity contribution in [3.05, 3.63) is 83.2 Å².